The maximum absolute atomic E-state index is 12.9. The van der Waals surface area contributed by atoms with Crippen LogP contribution < -0.4 is 5.32 Å². The Bertz CT molecular complexity index is 502. The molecule has 2 aliphatic rings. The van der Waals surface area contributed by atoms with Gasteiger partial charge in [0.15, 0.2) is 0 Å². The molecule has 1 N–H and O–H groups in total. The van der Waals surface area contributed by atoms with Crippen molar-refractivity contribution in [1.29, 1.82) is 0 Å². The molecule has 0 aromatic heterocycles. The quantitative estimate of drug-likeness (QED) is 0.896. The summed E-state index contributed by atoms with van der Waals surface area (Å²) < 4.78 is 11.6. The largest absolute Gasteiger partial charge is 0.369 e. The van der Waals surface area contributed by atoms with E-state index >= 15 is 0 Å². The Balaban J connectivity index is 1.78. The van der Waals surface area contributed by atoms with E-state index in [4.69, 9.17) is 9.47 Å². The Morgan fingerprint density at radius 2 is 2.00 bits per heavy atom. The molecule has 0 spiro atoms. The monoisotopic (exact) mass is 304 g/mol. The van der Waals surface area contributed by atoms with Gasteiger partial charge in [-0.1, -0.05) is 30.3 Å². The molecule has 0 radical (unpaired) electrons. The number of carbonyl (C=O) groups excluding carboxylic acids is 1. The molecular formula is C17H24N2O3. The molecule has 3 rings (SSSR count). The predicted octanol–water partition coefficient (Wildman–Crippen LogP) is 1.35. The lowest BCUT2D eigenvalue weighted by Gasteiger charge is -2.45. The van der Waals surface area contributed by atoms with Crippen LogP contribution in [0.1, 0.15) is 25.5 Å². The van der Waals surface area contributed by atoms with Crippen LogP contribution in [0.5, 0.6) is 0 Å². The number of benzene rings is 1. The van der Waals surface area contributed by atoms with Crippen molar-refractivity contribution in [3.05, 3.63) is 35.9 Å². The zero-order chi connectivity index (χ0) is 15.5. The van der Waals surface area contributed by atoms with Gasteiger partial charge in [-0.3, -0.25) is 4.79 Å². The van der Waals surface area contributed by atoms with Gasteiger partial charge < -0.3 is 19.7 Å². The summed E-state index contributed by atoms with van der Waals surface area (Å²) in [4.78, 5) is 14.8. The third kappa shape index (κ3) is 3.02. The molecular weight excluding hydrogens is 280 g/mol. The van der Waals surface area contributed by atoms with E-state index in [0.717, 1.165) is 12.1 Å². The summed E-state index contributed by atoms with van der Waals surface area (Å²) in [5.74, 6) is 0.0661. The third-order valence-electron chi connectivity index (χ3n) is 4.45. The topological polar surface area (TPSA) is 50.8 Å². The summed E-state index contributed by atoms with van der Waals surface area (Å²) in [6, 6.07) is 10.2. The molecule has 120 valence electrons. The summed E-state index contributed by atoms with van der Waals surface area (Å²) in [6.07, 6.45) is -0.467. The van der Waals surface area contributed by atoms with Crippen molar-refractivity contribution in [3.8, 4) is 0 Å². The first kappa shape index (κ1) is 15.5. The number of nitrogens with one attached hydrogen (secondary N) is 1. The van der Waals surface area contributed by atoms with Crippen LogP contribution in [-0.2, 0) is 14.3 Å². The van der Waals surface area contributed by atoms with Crippen LogP contribution in [0.25, 0.3) is 0 Å². The van der Waals surface area contributed by atoms with Crippen LogP contribution in [-0.4, -0.2) is 55.3 Å². The first-order chi connectivity index (χ1) is 10.7. The average molecular weight is 304 g/mol. The second-order valence-corrected chi connectivity index (χ2v) is 6.06. The highest BCUT2D eigenvalue weighted by molar-refractivity contribution is 5.82. The van der Waals surface area contributed by atoms with Crippen LogP contribution in [0.2, 0.25) is 0 Å². The second-order valence-electron chi connectivity index (χ2n) is 6.06. The lowest BCUT2D eigenvalue weighted by atomic mass is 9.98. The van der Waals surface area contributed by atoms with Crippen LogP contribution in [0, 0.1) is 0 Å². The van der Waals surface area contributed by atoms with Gasteiger partial charge >= 0.3 is 0 Å². The minimum atomic E-state index is -0.381. The maximum atomic E-state index is 12.9. The smallest absolute Gasteiger partial charge is 0.253 e. The molecule has 0 aliphatic carbocycles. The number of carbonyl (C=O) groups is 1. The van der Waals surface area contributed by atoms with Gasteiger partial charge in [-0.15, -0.1) is 0 Å². The molecule has 1 amide bonds. The molecule has 1 aromatic carbocycles. The molecule has 4 unspecified atom stereocenters. The van der Waals surface area contributed by atoms with Crippen LogP contribution in [0.4, 0.5) is 0 Å². The van der Waals surface area contributed by atoms with Crippen molar-refractivity contribution in [2.75, 3.05) is 26.3 Å². The third-order valence-corrected chi connectivity index (χ3v) is 4.45. The molecule has 2 heterocycles. The molecule has 5 heteroatoms. The van der Waals surface area contributed by atoms with Crippen molar-refractivity contribution in [3.63, 3.8) is 0 Å². The number of ether oxygens (including phenoxy) is 2. The van der Waals surface area contributed by atoms with Crippen LogP contribution >= 0.6 is 0 Å². The van der Waals surface area contributed by atoms with Crippen molar-refractivity contribution in [1.82, 2.24) is 10.2 Å². The van der Waals surface area contributed by atoms with Gasteiger partial charge in [0.2, 0.25) is 0 Å². The number of amides is 1. The predicted molar refractivity (Wildman–Crippen MR) is 83.5 cm³/mol. The van der Waals surface area contributed by atoms with Crippen molar-refractivity contribution in [2.24, 2.45) is 0 Å². The molecule has 2 aliphatic heterocycles. The van der Waals surface area contributed by atoms with Crippen molar-refractivity contribution >= 4 is 5.91 Å². The van der Waals surface area contributed by atoms with E-state index in [0.29, 0.717) is 19.8 Å². The number of rotatable bonds is 2. The summed E-state index contributed by atoms with van der Waals surface area (Å²) in [5, 5.41) is 3.22. The first-order valence-corrected chi connectivity index (χ1v) is 7.99. The highest BCUT2D eigenvalue weighted by atomic mass is 16.5. The van der Waals surface area contributed by atoms with Gasteiger partial charge in [-0.2, -0.15) is 0 Å². The Kier molecular flexibility index (Phi) is 4.76. The van der Waals surface area contributed by atoms with Gasteiger partial charge in [0.05, 0.1) is 25.3 Å². The van der Waals surface area contributed by atoms with E-state index in [1.165, 1.54) is 0 Å². The number of morpholine rings is 2. The van der Waals surface area contributed by atoms with E-state index < -0.39 is 0 Å². The van der Waals surface area contributed by atoms with Crippen molar-refractivity contribution < 1.29 is 14.3 Å². The fourth-order valence-electron chi connectivity index (χ4n) is 3.34. The van der Waals surface area contributed by atoms with Gasteiger partial charge in [-0.25, -0.2) is 0 Å². The van der Waals surface area contributed by atoms with Crippen LogP contribution in [0.3, 0.4) is 0 Å². The Hall–Kier alpha value is -1.43. The van der Waals surface area contributed by atoms with Crippen LogP contribution in [0.15, 0.2) is 30.3 Å². The van der Waals surface area contributed by atoms with E-state index in [9.17, 15) is 4.79 Å². The van der Waals surface area contributed by atoms with Gasteiger partial charge in [0, 0.05) is 13.1 Å². The summed E-state index contributed by atoms with van der Waals surface area (Å²) in [6.45, 7) is 6.63. The first-order valence-electron chi connectivity index (χ1n) is 7.99. The fraction of sp³-hybridized carbons (Fsp3) is 0.588. The zero-order valence-corrected chi connectivity index (χ0v) is 13.2. The lowest BCUT2D eigenvalue weighted by molar-refractivity contribution is -0.166. The lowest BCUT2D eigenvalue weighted by Crippen LogP contribution is -2.59. The number of hydrogen-bond acceptors (Lipinski definition) is 4. The highest BCUT2D eigenvalue weighted by Crippen LogP contribution is 2.31. The SMILES string of the molecule is CC1COC(c2ccccc2)C(C)N1C(=O)C1CNCCO1. The number of hydrogen-bond donors (Lipinski definition) is 1. The fourth-order valence-corrected chi connectivity index (χ4v) is 3.34. The molecule has 2 fully saturated rings. The molecule has 0 saturated carbocycles. The highest BCUT2D eigenvalue weighted by Gasteiger charge is 2.40. The Labute approximate surface area is 131 Å². The maximum Gasteiger partial charge on any atom is 0.253 e. The Morgan fingerprint density at radius 1 is 1.23 bits per heavy atom. The minimum absolute atomic E-state index is 0.0100. The normalized spacial score (nSPS) is 32.7. The van der Waals surface area contributed by atoms with Gasteiger partial charge in [0.25, 0.3) is 5.91 Å². The summed E-state index contributed by atoms with van der Waals surface area (Å²) in [7, 11) is 0. The molecule has 0 bridgehead atoms. The minimum Gasteiger partial charge on any atom is -0.369 e. The van der Waals surface area contributed by atoms with Crippen molar-refractivity contribution in [2.45, 2.75) is 38.1 Å². The number of nitrogens with zero attached hydrogens (tertiary/aromatic N) is 1. The van der Waals surface area contributed by atoms with Gasteiger partial charge in [-0.05, 0) is 19.4 Å². The average Bonchev–Trinajstić information content (AvgIpc) is 2.56. The standard InChI is InChI=1S/C17H24N2O3/c1-12-11-22-16(14-6-4-3-5-7-14)13(2)19(12)17(20)15-10-18-8-9-21-15/h3-7,12-13,15-16,18H,8-11H2,1-2H3. The summed E-state index contributed by atoms with van der Waals surface area (Å²) in [5.41, 5.74) is 1.11. The molecule has 1 aromatic rings. The molecule has 22 heavy (non-hydrogen) atoms. The van der Waals surface area contributed by atoms with E-state index in [2.05, 4.69) is 24.4 Å². The van der Waals surface area contributed by atoms with E-state index in [1.54, 1.807) is 0 Å². The van der Waals surface area contributed by atoms with E-state index in [1.807, 2.05) is 30.0 Å². The Morgan fingerprint density at radius 3 is 2.68 bits per heavy atom. The molecule has 4 atom stereocenters. The summed E-state index contributed by atoms with van der Waals surface area (Å²) >= 11 is 0. The zero-order valence-electron chi connectivity index (χ0n) is 13.2. The van der Waals surface area contributed by atoms with E-state index in [-0.39, 0.29) is 30.2 Å². The second kappa shape index (κ2) is 6.77. The van der Waals surface area contributed by atoms with Gasteiger partial charge in [0.1, 0.15) is 12.2 Å². The molecule has 5 nitrogen and oxygen atoms in total. The molecule has 2 saturated heterocycles.